The molecule has 0 radical (unpaired) electrons. The molecular formula is C18H22PZr. The minimum atomic E-state index is -1.70. The normalized spacial score (nSPS) is 13.2. The van der Waals surface area contributed by atoms with E-state index < -0.39 is 4.56 Å². The first-order valence-electron chi connectivity index (χ1n) is 7.29. The van der Waals surface area contributed by atoms with Crippen LogP contribution in [0.25, 0.3) is 0 Å². The third-order valence-electron chi connectivity index (χ3n) is 3.73. The van der Waals surface area contributed by atoms with Crippen molar-refractivity contribution in [2.45, 2.75) is 26.7 Å². The van der Waals surface area contributed by atoms with Crippen LogP contribution in [0, 0.1) is 0 Å². The van der Waals surface area contributed by atoms with E-state index in [1.807, 2.05) is 0 Å². The van der Waals surface area contributed by atoms with Crippen molar-refractivity contribution in [3.63, 3.8) is 0 Å². The van der Waals surface area contributed by atoms with E-state index in [1.54, 1.807) is 40.1 Å². The Bertz CT molecular complexity index is 521. The van der Waals surface area contributed by atoms with Crippen LogP contribution < -0.4 is 10.6 Å². The Morgan fingerprint density at radius 1 is 0.900 bits per heavy atom. The molecule has 0 aliphatic rings. The molecule has 103 valence electrons. The predicted octanol–water partition coefficient (Wildman–Crippen LogP) is 4.55. The van der Waals surface area contributed by atoms with Gasteiger partial charge in [-0.2, -0.15) is 0 Å². The molecule has 0 saturated heterocycles. The van der Waals surface area contributed by atoms with Gasteiger partial charge in [0.2, 0.25) is 0 Å². The van der Waals surface area contributed by atoms with Gasteiger partial charge in [-0.05, 0) is 0 Å². The molecule has 0 aliphatic carbocycles. The van der Waals surface area contributed by atoms with Crippen LogP contribution in [0.4, 0.5) is 0 Å². The van der Waals surface area contributed by atoms with Gasteiger partial charge in [0.15, 0.2) is 0 Å². The Morgan fingerprint density at radius 2 is 1.35 bits per heavy atom. The maximum absolute atomic E-state index is 2.47. The van der Waals surface area contributed by atoms with Crippen LogP contribution in [-0.2, 0) is 24.1 Å². The van der Waals surface area contributed by atoms with Gasteiger partial charge < -0.3 is 0 Å². The average Bonchev–Trinajstić information content (AvgIpc) is 2.53. The van der Waals surface area contributed by atoms with Gasteiger partial charge in [-0.3, -0.25) is 0 Å². The van der Waals surface area contributed by atoms with E-state index >= 15 is 0 Å². The van der Waals surface area contributed by atoms with E-state index in [9.17, 15) is 0 Å². The Morgan fingerprint density at radius 3 is 1.70 bits per heavy atom. The first kappa shape index (κ1) is 15.9. The molecule has 2 rings (SSSR count). The van der Waals surface area contributed by atoms with Gasteiger partial charge in [0.25, 0.3) is 0 Å². The summed E-state index contributed by atoms with van der Waals surface area (Å²) in [5.41, 5.74) is 0. The van der Waals surface area contributed by atoms with E-state index in [2.05, 4.69) is 80.6 Å². The zero-order valence-electron chi connectivity index (χ0n) is 12.3. The van der Waals surface area contributed by atoms with E-state index in [0.29, 0.717) is 0 Å². The molecule has 2 heteroatoms. The van der Waals surface area contributed by atoms with Gasteiger partial charge in [0.1, 0.15) is 0 Å². The first-order valence-corrected chi connectivity index (χ1v) is 13.0. The number of hydrogen-bond acceptors (Lipinski definition) is 0. The molecule has 0 N–H and O–H groups in total. The number of benzene rings is 2. The van der Waals surface area contributed by atoms with E-state index in [0.717, 1.165) is 12.8 Å². The topological polar surface area (TPSA) is 0 Å². The predicted molar refractivity (Wildman–Crippen MR) is 89.1 cm³/mol. The maximum atomic E-state index is 2.47. The standard InChI is InChI=1S/C18H21P.Zr/c1-3-11-16(4-2)19(17-12-7-5-8-13-17)18-14-9-6-10-15-18;/h5-15H,3-4H2,1-2H3;/q;-1/p+1. The number of allylic oxidation sites excluding steroid dienone is 2. The van der Waals surface area contributed by atoms with Crippen molar-refractivity contribution in [1.29, 1.82) is 0 Å². The van der Waals surface area contributed by atoms with Crippen LogP contribution in [0.1, 0.15) is 26.7 Å². The number of hydrogen-bond donors (Lipinski definition) is 0. The fourth-order valence-corrected chi connectivity index (χ4v) is 10.7. The quantitative estimate of drug-likeness (QED) is 0.686. The first-order chi connectivity index (χ1) is 9.73. The summed E-state index contributed by atoms with van der Waals surface area (Å²) in [5.74, 6) is 0. The molecule has 0 fully saturated rings. The Labute approximate surface area is 137 Å². The summed E-state index contributed by atoms with van der Waals surface area (Å²) in [5, 5.41) is 4.77. The van der Waals surface area contributed by atoms with Gasteiger partial charge >= 0.3 is 138 Å². The third-order valence-corrected chi connectivity index (χ3v) is 14.3. The van der Waals surface area contributed by atoms with Crippen molar-refractivity contribution < 1.29 is 24.1 Å². The van der Waals surface area contributed by atoms with Crippen LogP contribution in [0.3, 0.4) is 0 Å². The summed E-state index contributed by atoms with van der Waals surface area (Å²) in [4.78, 5) is 0. The van der Waals surface area contributed by atoms with Gasteiger partial charge in [0.05, 0.1) is 0 Å². The second kappa shape index (κ2) is 7.49. The molecule has 0 aliphatic heterocycles. The zero-order valence-corrected chi connectivity index (χ0v) is 15.7. The van der Waals surface area contributed by atoms with E-state index in [1.165, 1.54) is 0 Å². The molecule has 2 aromatic rings. The van der Waals surface area contributed by atoms with Crippen LogP contribution in [0.2, 0.25) is 0 Å². The van der Waals surface area contributed by atoms with Crippen LogP contribution in [-0.4, -0.2) is 0 Å². The van der Waals surface area contributed by atoms with E-state index in [-0.39, 0.29) is 0 Å². The summed E-state index contributed by atoms with van der Waals surface area (Å²) < 4.78 is -1.70. The molecule has 0 aromatic heterocycles. The minimum absolute atomic E-state index is 1.13. The summed E-state index contributed by atoms with van der Waals surface area (Å²) in [6, 6.07) is 22.3. The van der Waals surface area contributed by atoms with Crippen LogP contribution in [0.5, 0.6) is 0 Å². The molecule has 0 spiro atoms. The summed E-state index contributed by atoms with van der Waals surface area (Å²) in [6.45, 7) is 4.55. The van der Waals surface area contributed by atoms with E-state index in [4.69, 9.17) is 0 Å². The second-order valence-electron chi connectivity index (χ2n) is 4.97. The van der Waals surface area contributed by atoms with Crippen molar-refractivity contribution in [3.8, 4) is 0 Å². The Kier molecular flexibility index (Phi) is 5.94. The Hall–Kier alpha value is -0.507. The van der Waals surface area contributed by atoms with Crippen molar-refractivity contribution in [2.24, 2.45) is 0 Å². The third kappa shape index (κ3) is 3.21. The zero-order chi connectivity index (χ0) is 14.4. The molecule has 2 aromatic carbocycles. The average molecular weight is 361 g/mol. The van der Waals surface area contributed by atoms with Crippen molar-refractivity contribution >= 4 is 15.2 Å². The monoisotopic (exact) mass is 359 g/mol. The summed E-state index contributed by atoms with van der Waals surface area (Å²) in [7, 11) is 0. The molecule has 0 atom stereocenters. The molecule has 0 unspecified atom stereocenters. The molecule has 0 saturated carbocycles. The summed E-state index contributed by atoms with van der Waals surface area (Å²) >= 11 is 1.67. The molecular weight excluding hydrogens is 338 g/mol. The Balaban J connectivity index is 2.64. The van der Waals surface area contributed by atoms with Crippen LogP contribution in [0.15, 0.2) is 72.1 Å². The molecule has 0 amide bonds. The van der Waals surface area contributed by atoms with Crippen LogP contribution >= 0.6 is 4.56 Å². The molecule has 0 bridgehead atoms. The van der Waals surface area contributed by atoms with Gasteiger partial charge in [-0.1, -0.05) is 0 Å². The van der Waals surface area contributed by atoms with Gasteiger partial charge in [-0.25, -0.2) is 0 Å². The second-order valence-corrected chi connectivity index (χ2v) is 13.8. The molecule has 0 nitrogen and oxygen atoms in total. The fraction of sp³-hybridized carbons (Fsp3) is 0.222. The molecule has 0 heterocycles. The fourth-order valence-electron chi connectivity index (χ4n) is 2.72. The van der Waals surface area contributed by atoms with Gasteiger partial charge in [0, 0.05) is 0 Å². The van der Waals surface area contributed by atoms with Crippen molar-refractivity contribution in [2.75, 3.05) is 0 Å². The van der Waals surface area contributed by atoms with Crippen molar-refractivity contribution in [1.82, 2.24) is 0 Å². The SMILES string of the molecule is CCC=C(CC)[PH]([Zr])(c1ccccc1)c1ccccc1. The summed E-state index contributed by atoms with van der Waals surface area (Å²) in [6.07, 6.45) is 4.77. The number of rotatable bonds is 5. The van der Waals surface area contributed by atoms with Gasteiger partial charge in [-0.15, -0.1) is 0 Å². The van der Waals surface area contributed by atoms with Crippen molar-refractivity contribution in [3.05, 3.63) is 72.1 Å². The molecule has 20 heavy (non-hydrogen) atoms.